The molecule has 8 heteroatoms. The molecular formula is C10H16IN5OS. The van der Waals surface area contributed by atoms with Crippen LogP contribution in [0.3, 0.4) is 0 Å². The molecule has 0 fully saturated rings. The number of nitrogens with two attached hydrogens (primary N) is 2. The molecule has 0 aliphatic carbocycles. The van der Waals surface area contributed by atoms with Gasteiger partial charge in [-0.15, -0.1) is 24.0 Å². The van der Waals surface area contributed by atoms with Crippen LogP contribution in [0.25, 0.3) is 0 Å². The van der Waals surface area contributed by atoms with Crippen molar-refractivity contribution in [2.75, 3.05) is 0 Å². The molecule has 6 nitrogen and oxygen atoms in total. The van der Waals surface area contributed by atoms with Crippen molar-refractivity contribution in [3.63, 3.8) is 0 Å². The Hall–Kier alpha value is -1.13. The third-order valence-electron chi connectivity index (χ3n) is 1.73. The van der Waals surface area contributed by atoms with Crippen LogP contribution >= 0.6 is 35.9 Å². The van der Waals surface area contributed by atoms with Crippen LogP contribution in [-0.4, -0.2) is 17.1 Å². The number of pyridine rings is 1. The quantitative estimate of drug-likeness (QED) is 0.239. The van der Waals surface area contributed by atoms with E-state index in [4.69, 9.17) is 10.9 Å². The van der Waals surface area contributed by atoms with Crippen LogP contribution in [0.4, 0.5) is 0 Å². The van der Waals surface area contributed by atoms with E-state index < -0.39 is 5.91 Å². The number of amides is 1. The maximum atomic E-state index is 11.5. The Morgan fingerprint density at radius 1 is 1.61 bits per heavy atom. The minimum absolute atomic E-state index is 0. The molecule has 0 unspecified atom stereocenters. The normalized spacial score (nSPS) is 11.7. The van der Waals surface area contributed by atoms with Crippen LogP contribution in [0.2, 0.25) is 0 Å². The molecule has 0 atom stereocenters. The fraction of sp³-hybridized carbons (Fsp3) is 0.100. The summed E-state index contributed by atoms with van der Waals surface area (Å²) in [6.07, 6.45) is 3.07. The number of aromatic nitrogens is 1. The summed E-state index contributed by atoms with van der Waals surface area (Å²) in [7, 11) is 0. The Kier molecular flexibility index (Phi) is 8.33. The number of hydrogen-bond donors (Lipinski definition) is 3. The summed E-state index contributed by atoms with van der Waals surface area (Å²) in [5.74, 6) is -0.440. The van der Waals surface area contributed by atoms with Crippen molar-refractivity contribution in [1.29, 1.82) is 0 Å². The lowest BCUT2D eigenvalue weighted by Crippen LogP contribution is -2.21. The Balaban J connectivity index is 0. The summed E-state index contributed by atoms with van der Waals surface area (Å²) in [6, 6.07) is 5.37. The lowest BCUT2D eigenvalue weighted by molar-refractivity contribution is -0.116. The molecule has 100 valence electrons. The van der Waals surface area contributed by atoms with Crippen molar-refractivity contribution >= 4 is 48.0 Å². The minimum atomic E-state index is -0.440. The number of halogens is 1. The predicted octanol–water partition coefficient (Wildman–Crippen LogP) is 1.19. The summed E-state index contributed by atoms with van der Waals surface area (Å²) in [5.41, 5.74) is 8.79. The first kappa shape index (κ1) is 16.9. The first-order valence-corrected chi connectivity index (χ1v) is 5.60. The maximum absolute atomic E-state index is 11.5. The third kappa shape index (κ3) is 5.47. The Labute approximate surface area is 128 Å². The number of nitrogens with zero attached hydrogens (tertiary/aromatic N) is 2. The lowest BCUT2D eigenvalue weighted by atomic mass is 10.4. The third-order valence-corrected chi connectivity index (χ3v) is 2.48. The van der Waals surface area contributed by atoms with Crippen LogP contribution in [0.1, 0.15) is 14.0 Å². The van der Waals surface area contributed by atoms with Crippen molar-refractivity contribution in [3.8, 4) is 0 Å². The van der Waals surface area contributed by atoms with Crippen LogP contribution in [0.15, 0.2) is 40.1 Å². The molecule has 1 heterocycles. The predicted molar refractivity (Wildman–Crippen MR) is 86.2 cm³/mol. The summed E-state index contributed by atoms with van der Waals surface area (Å²) in [4.78, 5) is 15.8. The van der Waals surface area contributed by atoms with Gasteiger partial charge >= 0.3 is 0 Å². The monoisotopic (exact) mass is 381 g/mol. The number of hydrazone groups is 1. The van der Waals surface area contributed by atoms with Gasteiger partial charge in [0, 0.05) is 13.3 Å². The highest BCUT2D eigenvalue weighted by Gasteiger charge is 2.09. The Morgan fingerprint density at radius 3 is 2.83 bits per heavy atom. The van der Waals surface area contributed by atoms with Gasteiger partial charge in [-0.25, -0.2) is 5.43 Å². The van der Waals surface area contributed by atoms with E-state index in [9.17, 15) is 4.79 Å². The molecule has 1 amide bonds. The molecule has 0 spiro atoms. The molecule has 0 radical (unpaired) electrons. The van der Waals surface area contributed by atoms with Crippen LogP contribution in [0, 0.1) is 0 Å². The molecule has 0 aliphatic rings. The van der Waals surface area contributed by atoms with Crippen LogP contribution in [0.5, 0.6) is 0 Å². The second-order valence-corrected chi connectivity index (χ2v) is 3.73. The second kappa shape index (κ2) is 8.89. The van der Waals surface area contributed by atoms with Crippen molar-refractivity contribution < 1.29 is 6.22 Å². The molecule has 18 heavy (non-hydrogen) atoms. The molecule has 1 aromatic heterocycles. The van der Waals surface area contributed by atoms with E-state index in [1.165, 1.54) is 6.21 Å². The summed E-state index contributed by atoms with van der Waals surface area (Å²) >= 11 is 0.785. The van der Waals surface area contributed by atoms with Gasteiger partial charge in [0.25, 0.3) is 5.91 Å². The summed E-state index contributed by atoms with van der Waals surface area (Å²) < 4.78 is 0. The van der Waals surface area contributed by atoms with E-state index in [2.05, 4.69) is 15.5 Å². The molecule has 5 N–H and O–H groups in total. The zero-order valence-electron chi connectivity index (χ0n) is 9.66. The standard InChI is InChI=1S/C10H13N5OS.HI.H2/c1-7(11)9(17-12)10(16)15-14-6-8-4-2-3-5-13-8;;/h2-6H,11-12H2,1H3,(H,15,16);2*1H/b9-7-,14-6+;;. The molecule has 0 aliphatic heterocycles. The van der Waals surface area contributed by atoms with Gasteiger partial charge in [-0.05, 0) is 31.0 Å². The number of carbonyl (C=O) groups is 1. The highest BCUT2D eigenvalue weighted by molar-refractivity contribution is 14.0. The van der Waals surface area contributed by atoms with Gasteiger partial charge in [-0.2, -0.15) is 5.10 Å². The largest absolute Gasteiger partial charge is 0.401 e. The first-order valence-electron chi connectivity index (χ1n) is 4.72. The minimum Gasteiger partial charge on any atom is -0.401 e. The van der Waals surface area contributed by atoms with Crippen molar-refractivity contribution in [2.45, 2.75) is 6.92 Å². The van der Waals surface area contributed by atoms with Gasteiger partial charge in [-0.3, -0.25) is 14.9 Å². The topological polar surface area (TPSA) is 106 Å². The van der Waals surface area contributed by atoms with Gasteiger partial charge < -0.3 is 5.73 Å². The van der Waals surface area contributed by atoms with Gasteiger partial charge in [-0.1, -0.05) is 6.07 Å². The fourth-order valence-electron chi connectivity index (χ4n) is 0.986. The Bertz CT molecular complexity index is 450. The molecule has 0 bridgehead atoms. The molecule has 0 aromatic carbocycles. The van der Waals surface area contributed by atoms with E-state index in [-0.39, 0.29) is 30.3 Å². The molecule has 1 aromatic rings. The second-order valence-electron chi connectivity index (χ2n) is 3.08. The van der Waals surface area contributed by atoms with Gasteiger partial charge in [0.1, 0.15) is 4.91 Å². The molecular weight excluding hydrogens is 365 g/mol. The smallest absolute Gasteiger partial charge is 0.280 e. The zero-order valence-corrected chi connectivity index (χ0v) is 12.8. The van der Waals surface area contributed by atoms with Crippen molar-refractivity contribution in [3.05, 3.63) is 40.7 Å². The molecule has 0 saturated heterocycles. The maximum Gasteiger partial charge on any atom is 0.280 e. The van der Waals surface area contributed by atoms with E-state index in [1.54, 1.807) is 25.3 Å². The van der Waals surface area contributed by atoms with E-state index in [0.29, 0.717) is 11.4 Å². The van der Waals surface area contributed by atoms with E-state index in [1.807, 2.05) is 6.07 Å². The average molecular weight is 381 g/mol. The zero-order chi connectivity index (χ0) is 12.7. The Morgan fingerprint density at radius 2 is 2.33 bits per heavy atom. The number of carbonyl (C=O) groups excluding carboxylic acids is 1. The van der Waals surface area contributed by atoms with Gasteiger partial charge in [0.15, 0.2) is 0 Å². The first-order chi connectivity index (χ1) is 8.15. The van der Waals surface area contributed by atoms with Gasteiger partial charge in [0.2, 0.25) is 0 Å². The fourth-order valence-corrected chi connectivity index (χ4v) is 1.32. The highest BCUT2D eigenvalue weighted by Crippen LogP contribution is 2.10. The van der Waals surface area contributed by atoms with Crippen molar-refractivity contribution in [1.82, 2.24) is 10.4 Å². The number of allylic oxidation sites excluding steroid dienone is 1. The SMILES string of the molecule is C/C(N)=C(/SN)C(=O)N/N=C/c1ccccn1.I.[HH]. The van der Waals surface area contributed by atoms with E-state index >= 15 is 0 Å². The number of hydrogen-bond acceptors (Lipinski definition) is 6. The lowest BCUT2D eigenvalue weighted by Gasteiger charge is -2.03. The van der Waals surface area contributed by atoms with Crippen molar-refractivity contribution in [2.24, 2.45) is 16.0 Å². The van der Waals surface area contributed by atoms with Gasteiger partial charge in [0.05, 0.1) is 11.9 Å². The van der Waals surface area contributed by atoms with Crippen LogP contribution < -0.4 is 16.3 Å². The highest BCUT2D eigenvalue weighted by atomic mass is 127. The summed E-state index contributed by atoms with van der Waals surface area (Å²) in [5, 5.41) is 9.06. The molecule has 1 rings (SSSR count). The molecule has 0 saturated carbocycles. The average Bonchev–Trinajstić information content (AvgIpc) is 2.30. The summed E-state index contributed by atoms with van der Waals surface area (Å²) in [6.45, 7) is 1.59. The number of nitrogens with one attached hydrogen (secondary N) is 1. The number of rotatable bonds is 4. The van der Waals surface area contributed by atoms with Crippen LogP contribution in [-0.2, 0) is 4.79 Å². The van der Waals surface area contributed by atoms with E-state index in [0.717, 1.165) is 11.9 Å².